The molecule has 1 aromatic rings. The van der Waals surface area contributed by atoms with E-state index >= 15 is 0 Å². The number of aliphatic carboxylic acids is 2. The van der Waals surface area contributed by atoms with Crippen LogP contribution in [0.15, 0.2) is 17.7 Å². The molecule has 0 saturated heterocycles. The van der Waals surface area contributed by atoms with E-state index in [4.69, 9.17) is 19.7 Å². The summed E-state index contributed by atoms with van der Waals surface area (Å²) in [6, 6.07) is 3.33. The molecular weight excluding hydrogens is 367 g/mol. The molecule has 0 fully saturated rings. The average Bonchev–Trinajstić information content (AvgIpc) is 2.79. The Labute approximate surface area is 121 Å². The van der Waals surface area contributed by atoms with Crippen molar-refractivity contribution in [3.05, 3.63) is 26.8 Å². The first-order valence-corrected chi connectivity index (χ1v) is 6.30. The summed E-state index contributed by atoms with van der Waals surface area (Å²) in [6.07, 6.45) is 0.792. The van der Waals surface area contributed by atoms with Gasteiger partial charge in [-0.15, -0.1) is 0 Å². The third kappa shape index (κ3) is 2.98. The maximum Gasteiger partial charge on any atom is 0.332 e. The van der Waals surface area contributed by atoms with Gasteiger partial charge in [0.05, 0.1) is 9.99 Å². The van der Waals surface area contributed by atoms with Crippen LogP contribution in [-0.2, 0) is 9.59 Å². The van der Waals surface area contributed by atoms with Crippen LogP contribution in [0.25, 0.3) is 6.08 Å². The first kappa shape index (κ1) is 13.7. The third-order valence-electron chi connectivity index (χ3n) is 2.45. The maximum absolute atomic E-state index is 11.0. The molecule has 0 aliphatic carbocycles. The Morgan fingerprint density at radius 2 is 2.05 bits per heavy atom. The van der Waals surface area contributed by atoms with Gasteiger partial charge in [-0.1, -0.05) is 0 Å². The molecule has 1 heterocycles. The van der Waals surface area contributed by atoms with E-state index in [9.17, 15) is 9.59 Å². The zero-order valence-corrected chi connectivity index (χ0v) is 11.7. The van der Waals surface area contributed by atoms with Crippen molar-refractivity contribution in [2.45, 2.75) is 6.42 Å². The van der Waals surface area contributed by atoms with E-state index in [2.05, 4.69) is 0 Å². The van der Waals surface area contributed by atoms with Crippen molar-refractivity contribution in [3.63, 3.8) is 0 Å². The van der Waals surface area contributed by atoms with Crippen LogP contribution in [-0.4, -0.2) is 28.9 Å². The average molecular weight is 376 g/mol. The highest BCUT2D eigenvalue weighted by Crippen LogP contribution is 2.38. The first-order valence-electron chi connectivity index (χ1n) is 5.23. The number of hydrogen-bond acceptors (Lipinski definition) is 4. The van der Waals surface area contributed by atoms with Crippen molar-refractivity contribution in [3.8, 4) is 11.5 Å². The second-order valence-electron chi connectivity index (χ2n) is 3.75. The Bertz CT molecular complexity index is 578. The largest absolute Gasteiger partial charge is 0.481 e. The van der Waals surface area contributed by atoms with E-state index < -0.39 is 18.4 Å². The maximum atomic E-state index is 11.0. The minimum atomic E-state index is -1.25. The molecule has 2 N–H and O–H groups in total. The molecule has 7 heteroatoms. The predicted molar refractivity (Wildman–Crippen MR) is 73.1 cm³/mol. The molecule has 0 aromatic heterocycles. The monoisotopic (exact) mass is 376 g/mol. The molecule has 0 unspecified atom stereocenters. The van der Waals surface area contributed by atoms with Crippen LogP contribution < -0.4 is 9.47 Å². The SMILES string of the molecule is O=C(O)C/C(=C\c1ccc2c(c1I)OCO2)C(=O)O. The zero-order valence-electron chi connectivity index (χ0n) is 9.55. The van der Waals surface area contributed by atoms with E-state index in [0.29, 0.717) is 20.6 Å². The lowest BCUT2D eigenvalue weighted by atomic mass is 10.1. The van der Waals surface area contributed by atoms with E-state index in [1.807, 2.05) is 22.6 Å². The fourth-order valence-corrected chi connectivity index (χ4v) is 2.36. The summed E-state index contributed by atoms with van der Waals surface area (Å²) < 4.78 is 11.2. The summed E-state index contributed by atoms with van der Waals surface area (Å²) in [7, 11) is 0. The van der Waals surface area contributed by atoms with Crippen LogP contribution in [0.1, 0.15) is 12.0 Å². The molecule has 0 spiro atoms. The van der Waals surface area contributed by atoms with Crippen LogP contribution in [0.3, 0.4) is 0 Å². The van der Waals surface area contributed by atoms with Crippen molar-refractivity contribution in [1.29, 1.82) is 0 Å². The van der Waals surface area contributed by atoms with Crippen molar-refractivity contribution in [2.75, 3.05) is 6.79 Å². The van der Waals surface area contributed by atoms with Crippen molar-refractivity contribution in [1.82, 2.24) is 0 Å². The van der Waals surface area contributed by atoms with Gasteiger partial charge >= 0.3 is 11.9 Å². The molecule has 1 aliphatic heterocycles. The minimum absolute atomic E-state index is 0.124. The smallest absolute Gasteiger partial charge is 0.332 e. The zero-order chi connectivity index (χ0) is 14.0. The highest BCUT2D eigenvalue weighted by Gasteiger charge is 2.20. The van der Waals surface area contributed by atoms with Crippen molar-refractivity contribution < 1.29 is 29.3 Å². The Kier molecular flexibility index (Phi) is 3.93. The summed E-state index contributed by atoms with van der Waals surface area (Å²) in [6.45, 7) is 0.124. The number of benzene rings is 1. The molecule has 1 aliphatic rings. The first-order chi connectivity index (χ1) is 8.99. The lowest BCUT2D eigenvalue weighted by molar-refractivity contribution is -0.139. The number of carboxylic acid groups (broad SMARTS) is 2. The van der Waals surface area contributed by atoms with Crippen LogP contribution in [0, 0.1) is 3.57 Å². The number of carboxylic acids is 2. The molecule has 0 atom stereocenters. The molecule has 0 saturated carbocycles. The number of hydrogen-bond donors (Lipinski definition) is 2. The van der Waals surface area contributed by atoms with Gasteiger partial charge in [0.25, 0.3) is 0 Å². The second kappa shape index (κ2) is 5.47. The van der Waals surface area contributed by atoms with Gasteiger partial charge in [-0.25, -0.2) is 4.79 Å². The molecule has 19 heavy (non-hydrogen) atoms. The summed E-state index contributed by atoms with van der Waals surface area (Å²) >= 11 is 2.01. The van der Waals surface area contributed by atoms with Crippen LogP contribution in [0.2, 0.25) is 0 Å². The van der Waals surface area contributed by atoms with E-state index in [-0.39, 0.29) is 12.4 Å². The van der Waals surface area contributed by atoms with Gasteiger partial charge in [-0.2, -0.15) is 0 Å². The second-order valence-corrected chi connectivity index (χ2v) is 4.83. The van der Waals surface area contributed by atoms with Gasteiger partial charge in [-0.05, 0) is 46.4 Å². The topological polar surface area (TPSA) is 93.1 Å². The van der Waals surface area contributed by atoms with Gasteiger partial charge in [0, 0.05) is 5.57 Å². The Morgan fingerprint density at radius 1 is 1.32 bits per heavy atom. The molecule has 2 rings (SSSR count). The number of fused-ring (bicyclic) bond motifs is 1. The molecule has 0 bridgehead atoms. The van der Waals surface area contributed by atoms with Crippen molar-refractivity contribution in [2.24, 2.45) is 0 Å². The lowest BCUT2D eigenvalue weighted by Gasteiger charge is -2.05. The summed E-state index contributed by atoms with van der Waals surface area (Å²) in [5, 5.41) is 17.7. The van der Waals surface area contributed by atoms with E-state index in [1.165, 1.54) is 6.08 Å². The van der Waals surface area contributed by atoms with E-state index in [0.717, 1.165) is 0 Å². The van der Waals surface area contributed by atoms with Crippen LogP contribution in [0.5, 0.6) is 11.5 Å². The number of ether oxygens (including phenoxy) is 2. The molecular formula is C12H9IO6. The molecule has 100 valence electrons. The quantitative estimate of drug-likeness (QED) is 0.617. The highest BCUT2D eigenvalue weighted by atomic mass is 127. The van der Waals surface area contributed by atoms with Gasteiger partial charge in [-0.3, -0.25) is 4.79 Å². The molecule has 0 amide bonds. The van der Waals surface area contributed by atoms with E-state index in [1.54, 1.807) is 12.1 Å². The molecule has 6 nitrogen and oxygen atoms in total. The number of rotatable bonds is 4. The van der Waals surface area contributed by atoms with Crippen molar-refractivity contribution >= 4 is 40.6 Å². The van der Waals surface area contributed by atoms with Gasteiger partial charge in [0.15, 0.2) is 11.5 Å². The van der Waals surface area contributed by atoms with Gasteiger partial charge < -0.3 is 19.7 Å². The highest BCUT2D eigenvalue weighted by molar-refractivity contribution is 14.1. The van der Waals surface area contributed by atoms with Gasteiger partial charge in [0.1, 0.15) is 0 Å². The van der Waals surface area contributed by atoms with Crippen LogP contribution in [0.4, 0.5) is 0 Å². The standard InChI is InChI=1S/C12H9IO6/c13-10-6(1-2-8-11(10)19-5-18-8)3-7(12(16)17)4-9(14)15/h1-3H,4-5H2,(H,14,15)(H,16,17)/b7-3+. The lowest BCUT2D eigenvalue weighted by Crippen LogP contribution is -2.06. The Morgan fingerprint density at radius 3 is 2.68 bits per heavy atom. The fourth-order valence-electron chi connectivity index (χ4n) is 1.60. The fraction of sp³-hybridized carbons (Fsp3) is 0.167. The summed E-state index contributed by atoms with van der Waals surface area (Å²) in [5.41, 5.74) is 0.396. The number of halogens is 1. The summed E-state index contributed by atoms with van der Waals surface area (Å²) in [4.78, 5) is 21.6. The Balaban J connectivity index is 2.41. The minimum Gasteiger partial charge on any atom is -0.481 e. The van der Waals surface area contributed by atoms with Crippen LogP contribution >= 0.6 is 22.6 Å². The molecule has 0 radical (unpaired) electrons. The normalized spacial score (nSPS) is 13.4. The predicted octanol–water partition coefficient (Wildman–Crippen LogP) is 1.96. The summed E-state index contributed by atoms with van der Waals surface area (Å²) in [5.74, 6) is -1.30. The third-order valence-corrected chi connectivity index (χ3v) is 3.57. The Hall–Kier alpha value is -1.77. The molecule has 1 aromatic carbocycles. The number of carbonyl (C=O) groups is 2. The van der Waals surface area contributed by atoms with Gasteiger partial charge in [0.2, 0.25) is 6.79 Å².